The standard InChI is InChI=1S/C6H10ClN3O/c7-6-4(3-9-10-6)5(11)1-2-8/h3,5,11H,1-2,8H2,(H,9,10). The third-order valence-electron chi connectivity index (χ3n) is 1.42. The number of aromatic nitrogens is 2. The fourth-order valence-corrected chi connectivity index (χ4v) is 1.05. The van der Waals surface area contributed by atoms with Gasteiger partial charge in [-0.3, -0.25) is 5.10 Å². The molecular formula is C6H10ClN3O. The summed E-state index contributed by atoms with van der Waals surface area (Å²) in [6.45, 7) is 0.433. The van der Waals surface area contributed by atoms with Crippen molar-refractivity contribution in [3.05, 3.63) is 16.9 Å². The first kappa shape index (κ1) is 8.52. The SMILES string of the molecule is NCCC(O)c1cn[nH]c1Cl. The van der Waals surface area contributed by atoms with Gasteiger partial charge in [0.05, 0.1) is 12.3 Å². The van der Waals surface area contributed by atoms with E-state index in [0.29, 0.717) is 23.7 Å². The van der Waals surface area contributed by atoms with Gasteiger partial charge in [0.25, 0.3) is 0 Å². The lowest BCUT2D eigenvalue weighted by Crippen LogP contribution is -2.06. The fourth-order valence-electron chi connectivity index (χ4n) is 0.825. The molecular weight excluding hydrogens is 166 g/mol. The van der Waals surface area contributed by atoms with Gasteiger partial charge < -0.3 is 10.8 Å². The number of hydrogen-bond donors (Lipinski definition) is 3. The minimum absolute atomic E-state index is 0.381. The number of aliphatic hydroxyl groups excluding tert-OH is 1. The van der Waals surface area contributed by atoms with E-state index < -0.39 is 6.10 Å². The van der Waals surface area contributed by atoms with Crippen molar-refractivity contribution in [2.45, 2.75) is 12.5 Å². The average molecular weight is 176 g/mol. The first-order valence-corrected chi connectivity index (χ1v) is 3.70. The van der Waals surface area contributed by atoms with Gasteiger partial charge in [-0.05, 0) is 13.0 Å². The van der Waals surface area contributed by atoms with Crippen molar-refractivity contribution >= 4 is 11.6 Å². The van der Waals surface area contributed by atoms with Crippen molar-refractivity contribution in [1.82, 2.24) is 10.2 Å². The average Bonchev–Trinajstić information content (AvgIpc) is 2.36. The topological polar surface area (TPSA) is 74.9 Å². The molecule has 0 bridgehead atoms. The molecule has 0 aliphatic heterocycles. The highest BCUT2D eigenvalue weighted by molar-refractivity contribution is 6.30. The summed E-state index contributed by atoms with van der Waals surface area (Å²) in [4.78, 5) is 0. The number of rotatable bonds is 3. The van der Waals surface area contributed by atoms with E-state index in [-0.39, 0.29) is 0 Å². The quantitative estimate of drug-likeness (QED) is 0.624. The predicted octanol–water partition coefficient (Wildman–Crippen LogP) is 0.445. The van der Waals surface area contributed by atoms with Gasteiger partial charge in [0, 0.05) is 5.56 Å². The second kappa shape index (κ2) is 3.71. The second-order valence-corrected chi connectivity index (χ2v) is 2.61. The van der Waals surface area contributed by atoms with Crippen molar-refractivity contribution < 1.29 is 5.11 Å². The lowest BCUT2D eigenvalue weighted by Gasteiger charge is -2.05. The molecule has 0 amide bonds. The Kier molecular flexibility index (Phi) is 2.87. The first-order valence-electron chi connectivity index (χ1n) is 3.32. The van der Waals surface area contributed by atoms with Crippen LogP contribution in [0.25, 0.3) is 0 Å². The van der Waals surface area contributed by atoms with Crippen molar-refractivity contribution in [3.8, 4) is 0 Å². The number of nitrogens with zero attached hydrogens (tertiary/aromatic N) is 1. The Morgan fingerprint density at radius 3 is 3.00 bits per heavy atom. The van der Waals surface area contributed by atoms with Crippen LogP contribution >= 0.6 is 11.6 Å². The monoisotopic (exact) mass is 175 g/mol. The molecule has 0 aromatic carbocycles. The van der Waals surface area contributed by atoms with Crippen molar-refractivity contribution in [2.75, 3.05) is 6.54 Å². The Labute approximate surface area is 69.4 Å². The molecule has 0 saturated carbocycles. The third-order valence-corrected chi connectivity index (χ3v) is 1.72. The zero-order valence-electron chi connectivity index (χ0n) is 5.92. The first-order chi connectivity index (χ1) is 5.25. The van der Waals surface area contributed by atoms with Crippen LogP contribution in [0.15, 0.2) is 6.20 Å². The van der Waals surface area contributed by atoms with Crippen LogP contribution in [0.5, 0.6) is 0 Å². The zero-order valence-corrected chi connectivity index (χ0v) is 6.67. The van der Waals surface area contributed by atoms with Crippen LogP contribution in [0.4, 0.5) is 0 Å². The molecule has 4 N–H and O–H groups in total. The molecule has 5 heteroatoms. The molecule has 11 heavy (non-hydrogen) atoms. The Bertz CT molecular complexity index is 225. The van der Waals surface area contributed by atoms with E-state index in [0.717, 1.165) is 0 Å². The van der Waals surface area contributed by atoms with Crippen LogP contribution in [0.2, 0.25) is 5.15 Å². The maximum absolute atomic E-state index is 9.37. The molecule has 1 aromatic heterocycles. The summed E-state index contributed by atoms with van der Waals surface area (Å²) < 4.78 is 0. The van der Waals surface area contributed by atoms with Crippen LogP contribution in [0.1, 0.15) is 18.1 Å². The van der Waals surface area contributed by atoms with E-state index in [1.807, 2.05) is 0 Å². The smallest absolute Gasteiger partial charge is 0.129 e. The van der Waals surface area contributed by atoms with Crippen LogP contribution in [-0.2, 0) is 0 Å². The van der Waals surface area contributed by atoms with Crippen LogP contribution in [-0.4, -0.2) is 21.8 Å². The van der Waals surface area contributed by atoms with E-state index >= 15 is 0 Å². The van der Waals surface area contributed by atoms with Gasteiger partial charge in [0.15, 0.2) is 0 Å². The molecule has 62 valence electrons. The molecule has 0 spiro atoms. The van der Waals surface area contributed by atoms with Gasteiger partial charge in [0.1, 0.15) is 5.15 Å². The molecule has 0 fully saturated rings. The number of nitrogens with one attached hydrogen (secondary N) is 1. The molecule has 0 saturated heterocycles. The van der Waals surface area contributed by atoms with Gasteiger partial charge in [-0.2, -0.15) is 5.10 Å². The van der Waals surface area contributed by atoms with Crippen molar-refractivity contribution in [2.24, 2.45) is 5.73 Å². The largest absolute Gasteiger partial charge is 0.388 e. The molecule has 1 aromatic rings. The predicted molar refractivity (Wildman–Crippen MR) is 42.2 cm³/mol. The van der Waals surface area contributed by atoms with Gasteiger partial charge >= 0.3 is 0 Å². The Morgan fingerprint density at radius 2 is 2.55 bits per heavy atom. The second-order valence-electron chi connectivity index (χ2n) is 2.23. The molecule has 1 atom stereocenters. The number of hydrogen-bond acceptors (Lipinski definition) is 3. The maximum Gasteiger partial charge on any atom is 0.129 e. The zero-order chi connectivity index (χ0) is 8.27. The molecule has 0 aliphatic carbocycles. The van der Waals surface area contributed by atoms with Crippen LogP contribution in [0, 0.1) is 0 Å². The van der Waals surface area contributed by atoms with Gasteiger partial charge in [-0.1, -0.05) is 11.6 Å². The van der Waals surface area contributed by atoms with Crippen LogP contribution < -0.4 is 5.73 Å². The Balaban J connectivity index is 2.67. The summed E-state index contributed by atoms with van der Waals surface area (Å²) in [5.41, 5.74) is 5.86. The minimum atomic E-state index is -0.605. The highest BCUT2D eigenvalue weighted by atomic mass is 35.5. The molecule has 1 unspecified atom stereocenters. The summed E-state index contributed by atoms with van der Waals surface area (Å²) in [5, 5.41) is 15.9. The summed E-state index contributed by atoms with van der Waals surface area (Å²) in [7, 11) is 0. The van der Waals surface area contributed by atoms with Gasteiger partial charge in [0.2, 0.25) is 0 Å². The summed E-state index contributed by atoms with van der Waals surface area (Å²) in [6, 6.07) is 0. The van der Waals surface area contributed by atoms with E-state index in [4.69, 9.17) is 17.3 Å². The number of aromatic amines is 1. The highest BCUT2D eigenvalue weighted by Crippen LogP contribution is 2.21. The normalized spacial score (nSPS) is 13.4. The molecule has 0 radical (unpaired) electrons. The number of nitrogens with two attached hydrogens (primary N) is 1. The third kappa shape index (κ3) is 1.92. The van der Waals surface area contributed by atoms with Crippen LogP contribution in [0.3, 0.4) is 0 Å². The molecule has 1 rings (SSSR count). The van der Waals surface area contributed by atoms with E-state index in [9.17, 15) is 5.11 Å². The Hall–Kier alpha value is -0.580. The maximum atomic E-state index is 9.37. The lowest BCUT2D eigenvalue weighted by atomic mass is 10.1. The van der Waals surface area contributed by atoms with Crippen molar-refractivity contribution in [3.63, 3.8) is 0 Å². The van der Waals surface area contributed by atoms with E-state index in [1.54, 1.807) is 0 Å². The number of H-pyrrole nitrogens is 1. The van der Waals surface area contributed by atoms with Crippen molar-refractivity contribution in [1.29, 1.82) is 0 Å². The van der Waals surface area contributed by atoms with E-state index in [2.05, 4.69) is 10.2 Å². The van der Waals surface area contributed by atoms with Gasteiger partial charge in [-0.15, -0.1) is 0 Å². The Morgan fingerprint density at radius 1 is 1.82 bits per heavy atom. The van der Waals surface area contributed by atoms with E-state index in [1.165, 1.54) is 6.20 Å². The fraction of sp³-hybridized carbons (Fsp3) is 0.500. The summed E-state index contributed by atoms with van der Waals surface area (Å²) in [6.07, 6.45) is 1.40. The molecule has 4 nitrogen and oxygen atoms in total. The minimum Gasteiger partial charge on any atom is -0.388 e. The summed E-state index contributed by atoms with van der Waals surface area (Å²) >= 11 is 5.65. The molecule has 0 aliphatic rings. The lowest BCUT2D eigenvalue weighted by molar-refractivity contribution is 0.170. The number of aliphatic hydroxyl groups is 1. The molecule has 1 heterocycles. The van der Waals surface area contributed by atoms with Gasteiger partial charge in [-0.25, -0.2) is 0 Å². The summed E-state index contributed by atoms with van der Waals surface area (Å²) in [5.74, 6) is 0. The highest BCUT2D eigenvalue weighted by Gasteiger charge is 2.11. The number of halogens is 1.